The molecule has 0 bridgehead atoms. The van der Waals surface area contributed by atoms with Gasteiger partial charge in [-0.15, -0.1) is 0 Å². The predicted molar refractivity (Wildman–Crippen MR) is 156 cm³/mol. The molecule has 11 heteroatoms. The fraction of sp³-hybridized carbons (Fsp3) is 0.500. The van der Waals surface area contributed by atoms with Gasteiger partial charge in [-0.3, -0.25) is 14.4 Å². The number of benzene rings is 2. The average molecular weight is 608 g/mol. The summed E-state index contributed by atoms with van der Waals surface area (Å²) in [7, 11) is 2.98. The van der Waals surface area contributed by atoms with Crippen LogP contribution in [0, 0.1) is 11.3 Å². The Morgan fingerprint density at radius 3 is 2.46 bits per heavy atom. The van der Waals surface area contributed by atoms with E-state index in [1.165, 1.54) is 19.1 Å². The second kappa shape index (κ2) is 12.5. The molecular weight excluding hydrogens is 571 g/mol. The van der Waals surface area contributed by atoms with Crippen molar-refractivity contribution in [3.05, 3.63) is 51.5 Å². The molecule has 1 saturated heterocycles. The number of carboxylic acid groups (broad SMARTS) is 1. The van der Waals surface area contributed by atoms with E-state index in [9.17, 15) is 19.5 Å². The number of anilines is 1. The van der Waals surface area contributed by atoms with Crippen molar-refractivity contribution in [1.29, 1.82) is 0 Å². The minimum atomic E-state index is -1.17. The summed E-state index contributed by atoms with van der Waals surface area (Å²) in [5.41, 5.74) is 1.44. The van der Waals surface area contributed by atoms with Crippen molar-refractivity contribution in [2.75, 3.05) is 38.8 Å². The zero-order valence-corrected chi connectivity index (χ0v) is 25.4. The Labute approximate surface area is 250 Å². The highest BCUT2D eigenvalue weighted by atomic mass is 35.5. The lowest BCUT2D eigenvalue weighted by molar-refractivity contribution is -0.148. The Bertz CT molecular complexity index is 1330. The van der Waals surface area contributed by atoms with Crippen molar-refractivity contribution in [2.24, 2.45) is 11.3 Å². The number of fused-ring (bicyclic) bond motifs is 1. The highest BCUT2D eigenvalue weighted by Gasteiger charge is 2.41. The maximum atomic E-state index is 14.2. The first-order valence-corrected chi connectivity index (χ1v) is 14.3. The van der Waals surface area contributed by atoms with E-state index in [1.807, 2.05) is 20.8 Å². The van der Waals surface area contributed by atoms with Crippen molar-refractivity contribution in [2.45, 2.75) is 52.2 Å². The molecule has 2 aliphatic heterocycles. The van der Waals surface area contributed by atoms with E-state index in [0.717, 1.165) is 0 Å². The number of likely N-dealkylation sites (tertiary alicyclic amines) is 1. The van der Waals surface area contributed by atoms with E-state index in [2.05, 4.69) is 0 Å². The van der Waals surface area contributed by atoms with Gasteiger partial charge in [0.2, 0.25) is 5.91 Å². The van der Waals surface area contributed by atoms with Crippen LogP contribution in [-0.2, 0) is 19.1 Å². The van der Waals surface area contributed by atoms with Crippen molar-refractivity contribution in [3.8, 4) is 11.5 Å². The molecule has 1 fully saturated rings. The quantitative estimate of drug-likeness (QED) is 0.438. The lowest BCUT2D eigenvalue weighted by Crippen LogP contribution is -2.47. The molecule has 9 nitrogen and oxygen atoms in total. The summed E-state index contributed by atoms with van der Waals surface area (Å²) >= 11 is 13.3. The van der Waals surface area contributed by atoms with Gasteiger partial charge in [-0.05, 0) is 42.5 Å². The number of piperidine rings is 1. The van der Waals surface area contributed by atoms with E-state index in [0.29, 0.717) is 59.3 Å². The lowest BCUT2D eigenvalue weighted by Gasteiger charge is -2.33. The van der Waals surface area contributed by atoms with Crippen LogP contribution in [0.15, 0.2) is 30.3 Å². The minimum absolute atomic E-state index is 0.0988. The zero-order chi connectivity index (χ0) is 30.1. The predicted octanol–water partition coefficient (Wildman–Crippen LogP) is 5.59. The van der Waals surface area contributed by atoms with Gasteiger partial charge in [0.15, 0.2) is 11.5 Å². The molecular formula is C30H36Cl2N2O7. The van der Waals surface area contributed by atoms with E-state index < -0.39 is 24.1 Å². The summed E-state index contributed by atoms with van der Waals surface area (Å²) in [4.78, 5) is 42.4. The summed E-state index contributed by atoms with van der Waals surface area (Å²) in [6, 6.07) is 8.67. The number of rotatable bonds is 7. The van der Waals surface area contributed by atoms with E-state index in [4.69, 9.17) is 37.4 Å². The van der Waals surface area contributed by atoms with Crippen LogP contribution in [0.4, 0.5) is 5.69 Å². The topological polar surface area (TPSA) is 106 Å². The van der Waals surface area contributed by atoms with Crippen molar-refractivity contribution in [1.82, 2.24) is 4.90 Å². The van der Waals surface area contributed by atoms with Crippen molar-refractivity contribution in [3.63, 3.8) is 0 Å². The second-order valence-electron chi connectivity index (χ2n) is 11.6. The van der Waals surface area contributed by atoms with Crippen LogP contribution in [0.2, 0.25) is 10.0 Å². The van der Waals surface area contributed by atoms with Gasteiger partial charge in [0.1, 0.15) is 12.2 Å². The molecule has 0 aliphatic carbocycles. The van der Waals surface area contributed by atoms with Gasteiger partial charge in [-0.2, -0.15) is 0 Å². The molecule has 2 heterocycles. The van der Waals surface area contributed by atoms with Crippen LogP contribution in [0.5, 0.6) is 11.5 Å². The van der Waals surface area contributed by atoms with Crippen molar-refractivity contribution >= 4 is 46.7 Å². The van der Waals surface area contributed by atoms with E-state index >= 15 is 0 Å². The molecule has 0 saturated carbocycles. The zero-order valence-electron chi connectivity index (χ0n) is 23.9. The van der Waals surface area contributed by atoms with Crippen LogP contribution in [0.25, 0.3) is 0 Å². The monoisotopic (exact) mass is 606 g/mol. The Morgan fingerprint density at radius 2 is 1.83 bits per heavy atom. The number of hydrogen-bond acceptors (Lipinski definition) is 6. The maximum Gasteiger partial charge on any atom is 0.308 e. The largest absolute Gasteiger partial charge is 0.493 e. The molecule has 2 aromatic rings. The third kappa shape index (κ3) is 6.74. The molecule has 3 atom stereocenters. The Hall–Kier alpha value is -3.01. The van der Waals surface area contributed by atoms with Crippen LogP contribution in [-0.4, -0.2) is 67.7 Å². The smallest absolute Gasteiger partial charge is 0.308 e. The molecule has 3 unspecified atom stereocenters. The third-order valence-electron chi connectivity index (χ3n) is 7.32. The number of hydrogen-bond donors (Lipinski definition) is 1. The Balaban J connectivity index is 1.81. The number of carbonyl (C=O) groups excluding carboxylic acids is 2. The fourth-order valence-corrected chi connectivity index (χ4v) is 5.90. The van der Waals surface area contributed by atoms with Crippen molar-refractivity contribution < 1.29 is 33.7 Å². The average Bonchev–Trinajstić information content (AvgIpc) is 3.02. The number of aliphatic carboxylic acids is 1. The fourth-order valence-electron chi connectivity index (χ4n) is 5.38. The van der Waals surface area contributed by atoms with Crippen LogP contribution in [0.3, 0.4) is 0 Å². The molecule has 0 spiro atoms. The van der Waals surface area contributed by atoms with Gasteiger partial charge < -0.3 is 29.1 Å². The first-order chi connectivity index (χ1) is 19.3. The molecule has 0 aromatic heterocycles. The van der Waals surface area contributed by atoms with Gasteiger partial charge in [0.05, 0.1) is 31.6 Å². The van der Waals surface area contributed by atoms with Crippen LogP contribution < -0.4 is 14.4 Å². The van der Waals surface area contributed by atoms with Crippen LogP contribution in [0.1, 0.15) is 57.3 Å². The highest BCUT2D eigenvalue weighted by molar-refractivity contribution is 6.33. The molecule has 4 rings (SSSR count). The van der Waals surface area contributed by atoms with Gasteiger partial charge in [0, 0.05) is 41.5 Å². The SMILES string of the molecule is COc1ccc(C2OC(CC(=O)N3CCCC(C(=O)O)C3)C(=O)N(CC(C)(C)C)c3ccc(Cl)cc32)c(Cl)c1OC. The number of carbonyl (C=O) groups is 3. The second-order valence-corrected chi connectivity index (χ2v) is 12.4. The summed E-state index contributed by atoms with van der Waals surface area (Å²) < 4.78 is 17.5. The molecule has 2 aliphatic rings. The molecule has 222 valence electrons. The molecule has 41 heavy (non-hydrogen) atoms. The number of methoxy groups -OCH3 is 2. The lowest BCUT2D eigenvalue weighted by atomic mass is 9.94. The number of halogens is 2. The number of carboxylic acids is 1. The number of nitrogens with zero attached hydrogens (tertiary/aromatic N) is 2. The van der Waals surface area contributed by atoms with Crippen LogP contribution >= 0.6 is 23.2 Å². The molecule has 1 N–H and O–H groups in total. The summed E-state index contributed by atoms with van der Waals surface area (Å²) in [5.74, 6) is -1.55. The molecule has 2 amide bonds. The third-order valence-corrected chi connectivity index (χ3v) is 7.94. The minimum Gasteiger partial charge on any atom is -0.493 e. The van der Waals surface area contributed by atoms with Gasteiger partial charge in [-0.25, -0.2) is 0 Å². The first-order valence-electron chi connectivity index (χ1n) is 13.5. The first kappa shape index (κ1) is 30.9. The Kier molecular flexibility index (Phi) is 9.41. The standard InChI is InChI=1S/C30H36Cl2N2O7/c1-30(2,3)16-34-21-10-8-18(31)13-20(21)26(19-9-11-22(39-4)27(40-5)25(19)32)41-23(28(34)36)14-24(35)33-12-6-7-17(15-33)29(37)38/h8-11,13,17,23,26H,6-7,12,14-16H2,1-5H3,(H,37,38). The molecule has 2 aromatic carbocycles. The maximum absolute atomic E-state index is 14.2. The van der Waals surface area contributed by atoms with Gasteiger partial charge >= 0.3 is 5.97 Å². The summed E-state index contributed by atoms with van der Waals surface area (Å²) in [6.45, 7) is 6.93. The summed E-state index contributed by atoms with van der Waals surface area (Å²) in [5, 5.41) is 10.2. The highest BCUT2D eigenvalue weighted by Crippen LogP contribution is 2.47. The number of ether oxygens (including phenoxy) is 3. The Morgan fingerprint density at radius 1 is 1.10 bits per heavy atom. The van der Waals surface area contributed by atoms with E-state index in [-0.39, 0.29) is 35.2 Å². The normalized spacial score (nSPS) is 21.2. The molecule has 0 radical (unpaired) electrons. The van der Waals surface area contributed by atoms with Gasteiger partial charge in [-0.1, -0.05) is 50.0 Å². The number of amides is 2. The summed E-state index contributed by atoms with van der Waals surface area (Å²) in [6.07, 6.45) is -1.22. The van der Waals surface area contributed by atoms with Gasteiger partial charge in [0.25, 0.3) is 5.91 Å². The van der Waals surface area contributed by atoms with E-state index in [1.54, 1.807) is 35.2 Å².